The van der Waals surface area contributed by atoms with E-state index in [-0.39, 0.29) is 0 Å². The zero-order chi connectivity index (χ0) is 25.3. The second kappa shape index (κ2) is 12.4. The van der Waals surface area contributed by atoms with Crippen molar-refractivity contribution in [1.29, 1.82) is 0 Å². The molecule has 3 aromatic carbocycles. The molecule has 0 spiro atoms. The van der Waals surface area contributed by atoms with E-state index >= 15 is 0 Å². The first-order valence-electron chi connectivity index (χ1n) is 13.2. The van der Waals surface area contributed by atoms with Gasteiger partial charge in [0.2, 0.25) is 5.95 Å². The number of methoxy groups -OCH3 is 1. The number of para-hydroxylation sites is 3. The zero-order valence-electron chi connectivity index (χ0n) is 21.6. The zero-order valence-corrected chi connectivity index (χ0v) is 21.6. The maximum atomic E-state index is 5.43. The topological polar surface area (TPSA) is 65.6 Å². The molecule has 0 bridgehead atoms. The van der Waals surface area contributed by atoms with E-state index in [0.29, 0.717) is 0 Å². The summed E-state index contributed by atoms with van der Waals surface area (Å²) in [5, 5.41) is 8.15. The Morgan fingerprint density at radius 1 is 0.784 bits per heavy atom. The van der Waals surface area contributed by atoms with Crippen LogP contribution in [0.15, 0.2) is 78.9 Å². The third-order valence-electron chi connectivity index (χ3n) is 6.87. The van der Waals surface area contributed by atoms with E-state index in [4.69, 9.17) is 14.7 Å². The number of aromatic nitrogens is 2. The van der Waals surface area contributed by atoms with Crippen LogP contribution in [-0.2, 0) is 6.42 Å². The molecule has 7 nitrogen and oxygen atoms in total. The molecule has 0 saturated carbocycles. The Hall–Kier alpha value is -3.84. The van der Waals surface area contributed by atoms with Crippen molar-refractivity contribution in [3.05, 3.63) is 84.4 Å². The fraction of sp³-hybridized carbons (Fsp3) is 0.333. The van der Waals surface area contributed by atoms with Gasteiger partial charge in [0, 0.05) is 44.7 Å². The molecule has 7 heteroatoms. The van der Waals surface area contributed by atoms with Crippen molar-refractivity contribution in [2.24, 2.45) is 0 Å². The number of nitrogens with one attached hydrogen (secondary N) is 2. The summed E-state index contributed by atoms with van der Waals surface area (Å²) < 4.78 is 5.43. The summed E-state index contributed by atoms with van der Waals surface area (Å²) in [7, 11) is 1.71. The first-order valence-corrected chi connectivity index (χ1v) is 13.2. The molecule has 0 aliphatic carbocycles. The highest BCUT2D eigenvalue weighted by Gasteiger charge is 2.20. The summed E-state index contributed by atoms with van der Waals surface area (Å²) in [6.45, 7) is 6.72. The summed E-state index contributed by atoms with van der Waals surface area (Å²) in [6, 6.07) is 26.9. The molecule has 0 unspecified atom stereocenters. The number of rotatable bonds is 11. The third-order valence-corrected chi connectivity index (χ3v) is 6.87. The lowest BCUT2D eigenvalue weighted by atomic mass is 10.1. The SMILES string of the molecule is COc1ccccc1NCCCN1CCN(c2nc(NCCc3ccccc3)c3ccccc3n2)CC1. The van der Waals surface area contributed by atoms with E-state index in [1.54, 1.807) is 7.11 Å². The van der Waals surface area contributed by atoms with Gasteiger partial charge in [0.15, 0.2) is 0 Å². The van der Waals surface area contributed by atoms with Crippen LogP contribution in [0.2, 0.25) is 0 Å². The van der Waals surface area contributed by atoms with Gasteiger partial charge in [-0.15, -0.1) is 0 Å². The first kappa shape index (κ1) is 24.8. The van der Waals surface area contributed by atoms with Crippen molar-refractivity contribution in [2.75, 3.05) is 68.5 Å². The summed E-state index contributed by atoms with van der Waals surface area (Å²) in [6.07, 6.45) is 2.04. The lowest BCUT2D eigenvalue weighted by Gasteiger charge is -2.35. The largest absolute Gasteiger partial charge is 0.495 e. The lowest BCUT2D eigenvalue weighted by Crippen LogP contribution is -2.47. The summed E-state index contributed by atoms with van der Waals surface area (Å²) >= 11 is 0. The molecule has 4 aromatic rings. The van der Waals surface area contributed by atoms with Gasteiger partial charge < -0.3 is 20.3 Å². The molecule has 1 saturated heterocycles. The van der Waals surface area contributed by atoms with Crippen molar-refractivity contribution in [3.8, 4) is 5.75 Å². The number of ether oxygens (including phenoxy) is 1. The first-order chi connectivity index (χ1) is 18.3. The molecule has 2 heterocycles. The highest BCUT2D eigenvalue weighted by molar-refractivity contribution is 5.90. The van der Waals surface area contributed by atoms with Crippen LogP contribution in [0.5, 0.6) is 5.75 Å². The average molecular weight is 497 g/mol. The average Bonchev–Trinajstić information content (AvgIpc) is 2.96. The standard InChI is InChI=1S/C30H36N6O/c1-37-28-15-8-7-14-27(28)31-17-9-19-35-20-22-36(23-21-35)30-33-26-13-6-5-12-25(26)29(34-30)32-18-16-24-10-3-2-4-11-24/h2-8,10-15,31H,9,16-23H2,1H3,(H,32,33,34). The predicted octanol–water partition coefficient (Wildman–Crippen LogP) is 4.92. The highest BCUT2D eigenvalue weighted by atomic mass is 16.5. The van der Waals surface area contributed by atoms with Gasteiger partial charge >= 0.3 is 0 Å². The van der Waals surface area contributed by atoms with Crippen LogP contribution in [0, 0.1) is 0 Å². The van der Waals surface area contributed by atoms with Gasteiger partial charge in [0.25, 0.3) is 0 Å². The van der Waals surface area contributed by atoms with E-state index < -0.39 is 0 Å². The molecule has 1 aromatic heterocycles. The van der Waals surface area contributed by atoms with E-state index in [9.17, 15) is 0 Å². The van der Waals surface area contributed by atoms with Crippen LogP contribution < -0.4 is 20.3 Å². The molecule has 2 N–H and O–H groups in total. The van der Waals surface area contributed by atoms with E-state index in [2.05, 4.69) is 75.0 Å². The number of hydrogen-bond acceptors (Lipinski definition) is 7. The predicted molar refractivity (Wildman–Crippen MR) is 153 cm³/mol. The third kappa shape index (κ3) is 6.49. The Morgan fingerprint density at radius 2 is 1.54 bits per heavy atom. The Kier molecular flexibility index (Phi) is 8.33. The van der Waals surface area contributed by atoms with E-state index in [1.807, 2.05) is 24.3 Å². The monoisotopic (exact) mass is 496 g/mol. The van der Waals surface area contributed by atoms with Gasteiger partial charge in [-0.05, 0) is 49.2 Å². The van der Waals surface area contributed by atoms with Gasteiger partial charge in [-0.25, -0.2) is 4.98 Å². The Morgan fingerprint density at radius 3 is 2.38 bits per heavy atom. The lowest BCUT2D eigenvalue weighted by molar-refractivity contribution is 0.256. The van der Waals surface area contributed by atoms with Crippen LogP contribution in [0.4, 0.5) is 17.5 Å². The smallest absolute Gasteiger partial charge is 0.227 e. The van der Waals surface area contributed by atoms with Gasteiger partial charge in [0.1, 0.15) is 11.6 Å². The molecular weight excluding hydrogens is 460 g/mol. The molecule has 192 valence electrons. The number of anilines is 3. The summed E-state index contributed by atoms with van der Waals surface area (Å²) in [4.78, 5) is 14.7. The van der Waals surface area contributed by atoms with Crippen molar-refractivity contribution in [3.63, 3.8) is 0 Å². The van der Waals surface area contributed by atoms with E-state index in [1.165, 1.54) is 5.56 Å². The Labute approximate surface area is 219 Å². The molecule has 37 heavy (non-hydrogen) atoms. The normalized spacial score (nSPS) is 14.0. The van der Waals surface area contributed by atoms with Crippen LogP contribution in [0.1, 0.15) is 12.0 Å². The number of nitrogens with zero attached hydrogens (tertiary/aromatic N) is 4. The van der Waals surface area contributed by atoms with Gasteiger partial charge in [-0.3, -0.25) is 4.90 Å². The van der Waals surface area contributed by atoms with Crippen molar-refractivity contribution in [2.45, 2.75) is 12.8 Å². The maximum Gasteiger partial charge on any atom is 0.227 e. The molecule has 0 radical (unpaired) electrons. The quantitative estimate of drug-likeness (QED) is 0.286. The summed E-state index contributed by atoms with van der Waals surface area (Å²) in [5.41, 5.74) is 3.36. The second-order valence-electron chi connectivity index (χ2n) is 9.36. The molecule has 0 atom stereocenters. The minimum absolute atomic E-state index is 0.818. The van der Waals surface area contributed by atoms with Crippen LogP contribution in [0.3, 0.4) is 0 Å². The van der Waals surface area contributed by atoms with Crippen LogP contribution in [0.25, 0.3) is 10.9 Å². The number of hydrogen-bond donors (Lipinski definition) is 2. The number of benzene rings is 3. The highest BCUT2D eigenvalue weighted by Crippen LogP contribution is 2.25. The summed E-state index contributed by atoms with van der Waals surface area (Å²) in [5.74, 6) is 2.63. The minimum atomic E-state index is 0.818. The molecule has 5 rings (SSSR count). The second-order valence-corrected chi connectivity index (χ2v) is 9.36. The minimum Gasteiger partial charge on any atom is -0.495 e. The van der Waals surface area contributed by atoms with Crippen molar-refractivity contribution >= 4 is 28.4 Å². The van der Waals surface area contributed by atoms with Gasteiger partial charge in [0.05, 0.1) is 18.3 Å². The fourth-order valence-corrected chi connectivity index (χ4v) is 4.80. The van der Waals surface area contributed by atoms with Crippen molar-refractivity contribution < 1.29 is 4.74 Å². The molecule has 1 fully saturated rings. The van der Waals surface area contributed by atoms with Gasteiger partial charge in [-0.2, -0.15) is 4.98 Å². The van der Waals surface area contributed by atoms with E-state index in [0.717, 1.165) is 92.8 Å². The maximum absolute atomic E-state index is 5.43. The molecule has 1 aliphatic heterocycles. The molecule has 1 aliphatic rings. The van der Waals surface area contributed by atoms with Crippen LogP contribution in [-0.4, -0.2) is 67.8 Å². The Balaban J connectivity index is 1.14. The van der Waals surface area contributed by atoms with Crippen LogP contribution >= 0.6 is 0 Å². The fourth-order valence-electron chi connectivity index (χ4n) is 4.80. The number of fused-ring (bicyclic) bond motifs is 1. The molecule has 0 amide bonds. The Bertz CT molecular complexity index is 1270. The molecular formula is C30H36N6O. The van der Waals surface area contributed by atoms with Gasteiger partial charge in [-0.1, -0.05) is 54.6 Å². The number of piperazine rings is 1. The van der Waals surface area contributed by atoms with Crippen molar-refractivity contribution in [1.82, 2.24) is 14.9 Å².